The van der Waals surface area contributed by atoms with Gasteiger partial charge >= 0.3 is 0 Å². The van der Waals surface area contributed by atoms with Gasteiger partial charge < -0.3 is 15.0 Å². The Balaban J connectivity index is 1.97. The lowest BCUT2D eigenvalue weighted by molar-refractivity contribution is 0.0743. The number of unbranched alkanes of at least 4 members (excludes halogenated alkanes) is 1. The third kappa shape index (κ3) is 7.02. The molecule has 0 bridgehead atoms. The van der Waals surface area contributed by atoms with Crippen LogP contribution in [0.3, 0.4) is 0 Å². The van der Waals surface area contributed by atoms with Crippen LogP contribution >= 0.6 is 0 Å². The summed E-state index contributed by atoms with van der Waals surface area (Å²) in [5.74, 6) is 0. The summed E-state index contributed by atoms with van der Waals surface area (Å²) in [6, 6.07) is 0. The zero-order valence-corrected chi connectivity index (χ0v) is 11.7. The van der Waals surface area contributed by atoms with Crippen LogP contribution in [0.5, 0.6) is 0 Å². The molecule has 1 saturated heterocycles. The molecule has 0 aromatic heterocycles. The minimum absolute atomic E-state index is 0.508. The first-order valence-electron chi connectivity index (χ1n) is 7.41. The molecule has 3 nitrogen and oxygen atoms in total. The lowest BCUT2D eigenvalue weighted by Gasteiger charge is -2.23. The van der Waals surface area contributed by atoms with Crippen LogP contribution in [0.1, 0.15) is 46.0 Å². The van der Waals surface area contributed by atoms with Gasteiger partial charge in [0.05, 0.1) is 6.10 Å². The minimum atomic E-state index is 0.508. The van der Waals surface area contributed by atoms with E-state index in [1.807, 2.05) is 0 Å². The van der Waals surface area contributed by atoms with E-state index < -0.39 is 0 Å². The largest absolute Gasteiger partial charge is 0.377 e. The van der Waals surface area contributed by atoms with Gasteiger partial charge in [0.25, 0.3) is 0 Å². The molecule has 1 rings (SSSR count). The third-order valence-electron chi connectivity index (χ3n) is 3.44. The van der Waals surface area contributed by atoms with E-state index in [4.69, 9.17) is 4.74 Å². The standard InChI is InChI=1S/C14H30N2O/c1-3-9-15-10-5-6-11-16(4-2)13-14-8-7-12-17-14/h14-15H,3-13H2,1-2H3. The molecule has 0 aromatic carbocycles. The molecule has 0 amide bonds. The Morgan fingerprint density at radius 1 is 1.24 bits per heavy atom. The number of hydrogen-bond acceptors (Lipinski definition) is 3. The van der Waals surface area contributed by atoms with Crippen molar-refractivity contribution in [3.05, 3.63) is 0 Å². The van der Waals surface area contributed by atoms with Gasteiger partial charge in [0, 0.05) is 13.2 Å². The zero-order chi connectivity index (χ0) is 12.3. The normalized spacial score (nSPS) is 20.3. The molecule has 17 heavy (non-hydrogen) atoms. The van der Waals surface area contributed by atoms with E-state index in [2.05, 4.69) is 24.1 Å². The van der Waals surface area contributed by atoms with E-state index in [1.54, 1.807) is 0 Å². The predicted octanol–water partition coefficient (Wildman–Crippen LogP) is 2.27. The van der Waals surface area contributed by atoms with Crippen LogP contribution < -0.4 is 5.32 Å². The maximum atomic E-state index is 5.69. The second-order valence-electron chi connectivity index (χ2n) is 4.99. The molecule has 0 radical (unpaired) electrons. The molecule has 1 aliphatic heterocycles. The first-order chi connectivity index (χ1) is 8.36. The number of nitrogens with one attached hydrogen (secondary N) is 1. The molecule has 102 valence electrons. The first-order valence-corrected chi connectivity index (χ1v) is 7.41. The molecule has 0 aliphatic carbocycles. The van der Waals surface area contributed by atoms with Crippen molar-refractivity contribution < 1.29 is 4.74 Å². The molecule has 0 spiro atoms. The van der Waals surface area contributed by atoms with Gasteiger partial charge in [-0.2, -0.15) is 0 Å². The van der Waals surface area contributed by atoms with Crippen LogP contribution in [0.25, 0.3) is 0 Å². The van der Waals surface area contributed by atoms with Gasteiger partial charge in [-0.3, -0.25) is 0 Å². The lowest BCUT2D eigenvalue weighted by Crippen LogP contribution is -2.33. The maximum absolute atomic E-state index is 5.69. The highest BCUT2D eigenvalue weighted by molar-refractivity contribution is 4.70. The van der Waals surface area contributed by atoms with Gasteiger partial charge in [0.2, 0.25) is 0 Å². The topological polar surface area (TPSA) is 24.5 Å². The van der Waals surface area contributed by atoms with Crippen molar-refractivity contribution in [2.24, 2.45) is 0 Å². The Hall–Kier alpha value is -0.120. The van der Waals surface area contributed by atoms with Gasteiger partial charge in [-0.05, 0) is 58.3 Å². The summed E-state index contributed by atoms with van der Waals surface area (Å²) in [4.78, 5) is 2.54. The van der Waals surface area contributed by atoms with Crippen molar-refractivity contribution in [3.63, 3.8) is 0 Å². The SMILES string of the molecule is CCCNCCCCN(CC)CC1CCCO1. The second-order valence-corrected chi connectivity index (χ2v) is 4.99. The van der Waals surface area contributed by atoms with Crippen LogP contribution in [-0.4, -0.2) is 50.3 Å². The third-order valence-corrected chi connectivity index (χ3v) is 3.44. The molecule has 1 atom stereocenters. The first kappa shape index (κ1) is 14.9. The number of hydrogen-bond donors (Lipinski definition) is 1. The van der Waals surface area contributed by atoms with Gasteiger partial charge in [0.1, 0.15) is 0 Å². The molecule has 3 heteroatoms. The number of ether oxygens (including phenoxy) is 1. The van der Waals surface area contributed by atoms with Gasteiger partial charge in [-0.25, -0.2) is 0 Å². The smallest absolute Gasteiger partial charge is 0.0702 e. The minimum Gasteiger partial charge on any atom is -0.377 e. The highest BCUT2D eigenvalue weighted by atomic mass is 16.5. The van der Waals surface area contributed by atoms with Crippen LogP contribution in [0.15, 0.2) is 0 Å². The Morgan fingerprint density at radius 3 is 2.76 bits per heavy atom. The number of likely N-dealkylation sites (N-methyl/N-ethyl adjacent to an activating group) is 1. The predicted molar refractivity (Wildman–Crippen MR) is 73.5 cm³/mol. The Labute approximate surface area is 107 Å². The quantitative estimate of drug-likeness (QED) is 0.595. The van der Waals surface area contributed by atoms with Crippen LogP contribution in [0.2, 0.25) is 0 Å². The van der Waals surface area contributed by atoms with Gasteiger partial charge in [-0.15, -0.1) is 0 Å². The Kier molecular flexibility index (Phi) is 8.67. The molecular weight excluding hydrogens is 212 g/mol. The van der Waals surface area contributed by atoms with Crippen LogP contribution in [0, 0.1) is 0 Å². The van der Waals surface area contributed by atoms with Gasteiger partial charge in [0.15, 0.2) is 0 Å². The highest BCUT2D eigenvalue weighted by Crippen LogP contribution is 2.13. The van der Waals surface area contributed by atoms with Gasteiger partial charge in [-0.1, -0.05) is 13.8 Å². The van der Waals surface area contributed by atoms with Crippen molar-refractivity contribution in [1.82, 2.24) is 10.2 Å². The summed E-state index contributed by atoms with van der Waals surface area (Å²) in [6.07, 6.45) is 6.85. The summed E-state index contributed by atoms with van der Waals surface area (Å²) in [6.45, 7) is 11.3. The van der Waals surface area contributed by atoms with Crippen molar-refractivity contribution in [1.29, 1.82) is 0 Å². The fourth-order valence-corrected chi connectivity index (χ4v) is 2.34. The summed E-state index contributed by atoms with van der Waals surface area (Å²) >= 11 is 0. The summed E-state index contributed by atoms with van der Waals surface area (Å²) in [5, 5.41) is 3.46. The summed E-state index contributed by atoms with van der Waals surface area (Å²) in [7, 11) is 0. The summed E-state index contributed by atoms with van der Waals surface area (Å²) < 4.78 is 5.69. The fourth-order valence-electron chi connectivity index (χ4n) is 2.34. The molecular formula is C14H30N2O. The molecule has 0 saturated carbocycles. The molecule has 1 fully saturated rings. The average Bonchev–Trinajstić information content (AvgIpc) is 2.85. The van der Waals surface area contributed by atoms with E-state index in [9.17, 15) is 0 Å². The Bertz CT molecular complexity index is 170. The Morgan fingerprint density at radius 2 is 2.12 bits per heavy atom. The van der Waals surface area contributed by atoms with E-state index >= 15 is 0 Å². The van der Waals surface area contributed by atoms with Crippen molar-refractivity contribution in [3.8, 4) is 0 Å². The van der Waals surface area contributed by atoms with Crippen molar-refractivity contribution in [2.45, 2.75) is 52.1 Å². The lowest BCUT2D eigenvalue weighted by atomic mass is 10.2. The summed E-state index contributed by atoms with van der Waals surface area (Å²) in [5.41, 5.74) is 0. The molecule has 1 N–H and O–H groups in total. The van der Waals surface area contributed by atoms with Crippen molar-refractivity contribution in [2.75, 3.05) is 39.3 Å². The second kappa shape index (κ2) is 9.86. The van der Waals surface area contributed by atoms with E-state index in [-0.39, 0.29) is 0 Å². The molecule has 0 aromatic rings. The molecule has 1 heterocycles. The monoisotopic (exact) mass is 242 g/mol. The number of rotatable bonds is 10. The fraction of sp³-hybridized carbons (Fsp3) is 1.00. The van der Waals surface area contributed by atoms with E-state index in [0.717, 1.165) is 26.2 Å². The highest BCUT2D eigenvalue weighted by Gasteiger charge is 2.17. The maximum Gasteiger partial charge on any atom is 0.0702 e. The molecule has 1 aliphatic rings. The van der Waals surface area contributed by atoms with Crippen LogP contribution in [-0.2, 0) is 4.74 Å². The molecule has 1 unspecified atom stereocenters. The van der Waals surface area contributed by atoms with E-state index in [1.165, 1.54) is 45.2 Å². The van der Waals surface area contributed by atoms with Crippen molar-refractivity contribution >= 4 is 0 Å². The number of nitrogens with zero attached hydrogens (tertiary/aromatic N) is 1. The van der Waals surface area contributed by atoms with Crippen LogP contribution in [0.4, 0.5) is 0 Å². The average molecular weight is 242 g/mol. The van der Waals surface area contributed by atoms with E-state index in [0.29, 0.717) is 6.10 Å². The zero-order valence-electron chi connectivity index (χ0n) is 11.7.